The van der Waals surface area contributed by atoms with Crippen molar-refractivity contribution in [1.29, 1.82) is 0 Å². The van der Waals surface area contributed by atoms with E-state index in [4.69, 9.17) is 0 Å². The summed E-state index contributed by atoms with van der Waals surface area (Å²) in [4.78, 5) is 35.7. The number of nitrogens with one attached hydrogen (secondary N) is 1. The number of fused-ring (bicyclic) bond motifs is 1. The van der Waals surface area contributed by atoms with Gasteiger partial charge in [0.2, 0.25) is 5.91 Å². The third kappa shape index (κ3) is 3.66. The predicted octanol–water partition coefficient (Wildman–Crippen LogP) is 1.09. The molecule has 0 aromatic heterocycles. The molecule has 0 fully saturated rings. The molecule has 1 aromatic carbocycles. The van der Waals surface area contributed by atoms with Crippen LogP contribution in [0.5, 0.6) is 0 Å². The quantitative estimate of drug-likeness (QED) is 0.859. The number of carbonyl (C=O) groups excluding carboxylic acids is 2. The molecule has 0 radical (unpaired) electrons. The Morgan fingerprint density at radius 2 is 1.83 bits per heavy atom. The van der Waals surface area contributed by atoms with Crippen LogP contribution < -0.4 is 5.32 Å². The third-order valence-electron chi connectivity index (χ3n) is 3.79. The van der Waals surface area contributed by atoms with Crippen molar-refractivity contribution in [2.75, 3.05) is 0 Å². The average Bonchev–Trinajstić information content (AvgIpc) is 2.51. The molecule has 9 heteroatoms. The molecule has 2 atom stereocenters. The van der Waals surface area contributed by atoms with Crippen molar-refractivity contribution in [3.05, 3.63) is 35.4 Å². The maximum Gasteiger partial charge on any atom is 0.471 e. The Morgan fingerprint density at radius 3 is 2.38 bits per heavy atom. The highest BCUT2D eigenvalue weighted by molar-refractivity contribution is 5.92. The molecule has 0 saturated heterocycles. The number of carboxylic acid groups (broad SMARTS) is 1. The molecule has 24 heavy (non-hydrogen) atoms. The van der Waals surface area contributed by atoms with Gasteiger partial charge in [-0.2, -0.15) is 13.2 Å². The Bertz CT molecular complexity index is 675. The molecule has 0 unspecified atom stereocenters. The van der Waals surface area contributed by atoms with Gasteiger partial charge in [-0.05, 0) is 18.1 Å². The summed E-state index contributed by atoms with van der Waals surface area (Å²) in [6.07, 6.45) is -5.06. The van der Waals surface area contributed by atoms with Crippen LogP contribution in [0.1, 0.15) is 18.1 Å². The summed E-state index contributed by atoms with van der Waals surface area (Å²) >= 11 is 0. The van der Waals surface area contributed by atoms with E-state index in [0.29, 0.717) is 0 Å². The monoisotopic (exact) mass is 344 g/mol. The van der Waals surface area contributed by atoms with Crippen molar-refractivity contribution in [3.8, 4) is 0 Å². The number of carboxylic acids is 1. The van der Waals surface area contributed by atoms with E-state index in [1.54, 1.807) is 29.6 Å². The number of hydrogen-bond donors (Lipinski definition) is 2. The van der Waals surface area contributed by atoms with E-state index >= 15 is 0 Å². The second-order valence-corrected chi connectivity index (χ2v) is 5.49. The van der Waals surface area contributed by atoms with Crippen LogP contribution in [0, 0.1) is 0 Å². The maximum atomic E-state index is 12.4. The smallest absolute Gasteiger partial charge is 0.471 e. The van der Waals surface area contributed by atoms with Crippen LogP contribution in [0.15, 0.2) is 24.3 Å². The van der Waals surface area contributed by atoms with Crippen LogP contribution in [-0.4, -0.2) is 46.1 Å². The van der Waals surface area contributed by atoms with Gasteiger partial charge in [0.15, 0.2) is 0 Å². The van der Waals surface area contributed by atoms with Crippen molar-refractivity contribution in [2.24, 2.45) is 0 Å². The van der Waals surface area contributed by atoms with E-state index in [2.05, 4.69) is 0 Å². The highest BCUT2D eigenvalue weighted by atomic mass is 19.4. The highest BCUT2D eigenvalue weighted by Gasteiger charge is 2.42. The Labute approximate surface area is 135 Å². The number of carbonyl (C=O) groups is 3. The molecule has 0 bridgehead atoms. The number of nitrogens with zero attached hydrogens (tertiary/aromatic N) is 1. The molecule has 6 nitrogen and oxygen atoms in total. The second kappa shape index (κ2) is 6.50. The van der Waals surface area contributed by atoms with Gasteiger partial charge in [-0.25, -0.2) is 4.79 Å². The first-order valence-corrected chi connectivity index (χ1v) is 7.09. The van der Waals surface area contributed by atoms with Crippen LogP contribution in [-0.2, 0) is 27.3 Å². The summed E-state index contributed by atoms with van der Waals surface area (Å²) in [5.74, 6) is -4.38. The minimum atomic E-state index is -5.12. The van der Waals surface area contributed by atoms with Crippen molar-refractivity contribution in [1.82, 2.24) is 10.2 Å². The van der Waals surface area contributed by atoms with Gasteiger partial charge in [0.25, 0.3) is 0 Å². The van der Waals surface area contributed by atoms with Crippen molar-refractivity contribution in [3.63, 3.8) is 0 Å². The Morgan fingerprint density at radius 1 is 1.25 bits per heavy atom. The predicted molar refractivity (Wildman–Crippen MR) is 75.8 cm³/mol. The third-order valence-corrected chi connectivity index (χ3v) is 3.79. The molecule has 0 saturated carbocycles. The summed E-state index contributed by atoms with van der Waals surface area (Å²) in [5.41, 5.74) is 1.48. The Hall–Kier alpha value is -2.58. The van der Waals surface area contributed by atoms with Gasteiger partial charge in [0.05, 0.1) is 0 Å². The molecule has 2 amide bonds. The lowest BCUT2D eigenvalue weighted by Crippen LogP contribution is -2.56. The molecular weight excluding hydrogens is 329 g/mol. The molecule has 2 N–H and O–H groups in total. The van der Waals surface area contributed by atoms with Gasteiger partial charge in [-0.3, -0.25) is 9.59 Å². The summed E-state index contributed by atoms with van der Waals surface area (Å²) in [6.45, 7) is 1.05. The SMILES string of the molecule is C[C@H](NC(=O)C(F)(F)F)C(=O)N1Cc2ccccc2C[C@@H]1C(=O)O. The lowest BCUT2D eigenvalue weighted by molar-refractivity contribution is -0.175. The van der Waals surface area contributed by atoms with Gasteiger partial charge in [0.1, 0.15) is 12.1 Å². The van der Waals surface area contributed by atoms with Crippen LogP contribution in [0.4, 0.5) is 13.2 Å². The molecule has 130 valence electrons. The van der Waals surface area contributed by atoms with Crippen molar-refractivity contribution >= 4 is 17.8 Å². The standard InChI is InChI=1S/C15H15F3N2O4/c1-8(19-14(24)15(16,17)18)12(21)20-7-10-5-3-2-4-9(10)6-11(20)13(22)23/h2-5,8,11H,6-7H2,1H3,(H,19,24)(H,22,23)/t8-,11+/m0/s1. The fraction of sp³-hybridized carbons (Fsp3) is 0.400. The summed E-state index contributed by atoms with van der Waals surface area (Å²) in [5, 5.41) is 10.9. The van der Waals surface area contributed by atoms with E-state index in [-0.39, 0.29) is 13.0 Å². The van der Waals surface area contributed by atoms with Crippen LogP contribution in [0.2, 0.25) is 0 Å². The molecule has 1 heterocycles. The number of rotatable bonds is 3. The Kier molecular flexibility index (Phi) is 4.81. The normalized spacial score (nSPS) is 18.5. The molecule has 0 aliphatic carbocycles. The maximum absolute atomic E-state index is 12.4. The fourth-order valence-corrected chi connectivity index (χ4v) is 2.56. The van der Waals surface area contributed by atoms with Crippen molar-refractivity contribution in [2.45, 2.75) is 38.1 Å². The molecule has 0 spiro atoms. The minimum Gasteiger partial charge on any atom is -0.480 e. The van der Waals surface area contributed by atoms with Gasteiger partial charge < -0.3 is 15.3 Å². The number of amides is 2. The second-order valence-electron chi connectivity index (χ2n) is 5.49. The van der Waals surface area contributed by atoms with E-state index in [1.165, 1.54) is 0 Å². The number of hydrogen-bond acceptors (Lipinski definition) is 3. The summed E-state index contributed by atoms with van der Waals surface area (Å²) < 4.78 is 36.9. The summed E-state index contributed by atoms with van der Waals surface area (Å²) in [6, 6.07) is 4.22. The van der Waals surface area contributed by atoms with Gasteiger partial charge in [-0.15, -0.1) is 0 Å². The van der Waals surface area contributed by atoms with Crippen LogP contribution in [0.25, 0.3) is 0 Å². The fourth-order valence-electron chi connectivity index (χ4n) is 2.56. The minimum absolute atomic E-state index is 0.0435. The van der Waals surface area contributed by atoms with Gasteiger partial charge in [-0.1, -0.05) is 24.3 Å². The lowest BCUT2D eigenvalue weighted by atomic mass is 9.93. The first kappa shape index (κ1) is 17.8. The molecule has 1 aliphatic rings. The number of halogens is 3. The highest BCUT2D eigenvalue weighted by Crippen LogP contribution is 2.24. The van der Waals surface area contributed by atoms with Gasteiger partial charge in [0, 0.05) is 13.0 Å². The zero-order chi connectivity index (χ0) is 18.1. The van der Waals surface area contributed by atoms with E-state index in [9.17, 15) is 32.7 Å². The first-order chi connectivity index (χ1) is 11.1. The van der Waals surface area contributed by atoms with E-state index in [0.717, 1.165) is 23.0 Å². The zero-order valence-corrected chi connectivity index (χ0v) is 12.6. The lowest BCUT2D eigenvalue weighted by Gasteiger charge is -2.36. The van der Waals surface area contributed by atoms with Crippen molar-refractivity contribution < 1.29 is 32.7 Å². The zero-order valence-electron chi connectivity index (χ0n) is 12.6. The first-order valence-electron chi connectivity index (χ1n) is 7.09. The van der Waals surface area contributed by atoms with Crippen LogP contribution >= 0.6 is 0 Å². The largest absolute Gasteiger partial charge is 0.480 e. The molecule has 1 aromatic rings. The van der Waals surface area contributed by atoms with E-state index < -0.39 is 36.0 Å². The van der Waals surface area contributed by atoms with Crippen LogP contribution in [0.3, 0.4) is 0 Å². The number of alkyl halides is 3. The number of benzene rings is 1. The topological polar surface area (TPSA) is 86.7 Å². The summed E-state index contributed by atoms with van der Waals surface area (Å²) in [7, 11) is 0. The molecule has 2 rings (SSSR count). The molecular formula is C15H15F3N2O4. The Balaban J connectivity index is 2.20. The van der Waals surface area contributed by atoms with E-state index in [1.807, 2.05) is 0 Å². The number of aliphatic carboxylic acids is 1. The van der Waals surface area contributed by atoms with Gasteiger partial charge >= 0.3 is 18.1 Å². The molecule has 1 aliphatic heterocycles. The average molecular weight is 344 g/mol.